The normalized spacial score (nSPS) is 21.1. The first-order valence-electron chi connectivity index (χ1n) is 7.65. The topological polar surface area (TPSA) is 69.0 Å². The fraction of sp³-hybridized carbons (Fsp3) is 0.438. The minimum Gasteiger partial charge on any atom is -0.381 e. The summed E-state index contributed by atoms with van der Waals surface area (Å²) in [6.45, 7) is 0. The Labute approximate surface area is 139 Å². The summed E-state index contributed by atoms with van der Waals surface area (Å²) in [5.74, 6) is -0.199. The number of amides is 1. The molecule has 2 aromatic rings. The Kier molecular flexibility index (Phi) is 4.93. The smallest absolute Gasteiger partial charge is 0.270 e. The molecule has 0 bridgehead atoms. The lowest BCUT2D eigenvalue weighted by atomic mass is 9.93. The van der Waals surface area contributed by atoms with Gasteiger partial charge in [-0.2, -0.15) is 0 Å². The molecule has 7 heteroatoms. The fourth-order valence-electron chi connectivity index (χ4n) is 2.86. The van der Waals surface area contributed by atoms with Crippen molar-refractivity contribution in [3.05, 3.63) is 41.7 Å². The highest BCUT2D eigenvalue weighted by molar-refractivity contribution is 6.29. The van der Waals surface area contributed by atoms with Gasteiger partial charge in [0.05, 0.1) is 18.1 Å². The zero-order valence-corrected chi connectivity index (χ0v) is 13.7. The predicted octanol–water partition coefficient (Wildman–Crippen LogP) is 2.61. The molecule has 6 nitrogen and oxygen atoms in total. The van der Waals surface area contributed by atoms with Crippen LogP contribution in [0.4, 0.5) is 0 Å². The largest absolute Gasteiger partial charge is 0.381 e. The highest BCUT2D eigenvalue weighted by Crippen LogP contribution is 2.21. The Morgan fingerprint density at radius 2 is 2.13 bits per heavy atom. The number of hydrogen-bond acceptors (Lipinski definition) is 4. The number of imidazole rings is 1. The maximum atomic E-state index is 12.4. The average molecular weight is 335 g/mol. The van der Waals surface area contributed by atoms with E-state index in [0.717, 1.165) is 31.4 Å². The molecule has 3 rings (SSSR count). The number of aromatic nitrogens is 3. The first-order chi connectivity index (χ1) is 11.2. The summed E-state index contributed by atoms with van der Waals surface area (Å²) in [4.78, 5) is 20.6. The van der Waals surface area contributed by atoms with Crippen LogP contribution in [0.2, 0.25) is 5.15 Å². The van der Waals surface area contributed by atoms with Gasteiger partial charge in [0.25, 0.3) is 5.91 Å². The number of ether oxygens (including phenoxy) is 1. The molecule has 1 aliphatic carbocycles. The Hall–Kier alpha value is -1.92. The second kappa shape index (κ2) is 7.10. The van der Waals surface area contributed by atoms with Gasteiger partial charge in [-0.3, -0.25) is 4.79 Å². The molecule has 0 unspecified atom stereocenters. The van der Waals surface area contributed by atoms with E-state index in [0.29, 0.717) is 11.8 Å². The SMILES string of the molecule is COC1CCC(NC(=O)c2cc(-n3ccnc3)cc(Cl)n2)CC1. The second-order valence-corrected chi connectivity index (χ2v) is 6.07. The number of carbonyl (C=O) groups excluding carboxylic acids is 1. The number of carbonyl (C=O) groups is 1. The van der Waals surface area contributed by atoms with Crippen molar-refractivity contribution in [2.24, 2.45) is 0 Å². The lowest BCUT2D eigenvalue weighted by Crippen LogP contribution is -2.39. The van der Waals surface area contributed by atoms with Crippen LogP contribution in [0.15, 0.2) is 30.9 Å². The molecular weight excluding hydrogens is 316 g/mol. The molecular formula is C16H19ClN4O2. The van der Waals surface area contributed by atoms with Gasteiger partial charge < -0.3 is 14.6 Å². The zero-order valence-electron chi connectivity index (χ0n) is 12.9. The summed E-state index contributed by atoms with van der Waals surface area (Å²) in [5.41, 5.74) is 1.07. The van der Waals surface area contributed by atoms with E-state index < -0.39 is 0 Å². The minimum absolute atomic E-state index is 0.159. The fourth-order valence-corrected chi connectivity index (χ4v) is 3.07. The molecule has 0 aliphatic heterocycles. The molecule has 1 amide bonds. The number of rotatable bonds is 4. The van der Waals surface area contributed by atoms with Crippen molar-refractivity contribution in [1.82, 2.24) is 19.9 Å². The molecule has 0 aromatic carbocycles. The Morgan fingerprint density at radius 1 is 1.35 bits per heavy atom. The van der Waals surface area contributed by atoms with Crippen molar-refractivity contribution >= 4 is 17.5 Å². The van der Waals surface area contributed by atoms with Gasteiger partial charge in [0, 0.05) is 25.5 Å². The van der Waals surface area contributed by atoms with Crippen LogP contribution in [0, 0.1) is 0 Å². The van der Waals surface area contributed by atoms with Crippen molar-refractivity contribution in [3.8, 4) is 5.69 Å². The Balaban J connectivity index is 1.70. The van der Waals surface area contributed by atoms with Crippen molar-refractivity contribution in [2.45, 2.75) is 37.8 Å². The Bertz CT molecular complexity index is 667. The quantitative estimate of drug-likeness (QED) is 0.873. The summed E-state index contributed by atoms with van der Waals surface area (Å²) in [7, 11) is 1.73. The Morgan fingerprint density at radius 3 is 2.78 bits per heavy atom. The molecule has 1 saturated carbocycles. The maximum Gasteiger partial charge on any atom is 0.270 e. The van der Waals surface area contributed by atoms with Crippen LogP contribution in [-0.4, -0.2) is 39.7 Å². The van der Waals surface area contributed by atoms with Crippen molar-refractivity contribution in [3.63, 3.8) is 0 Å². The molecule has 0 saturated heterocycles. The van der Waals surface area contributed by atoms with Gasteiger partial charge >= 0.3 is 0 Å². The van der Waals surface area contributed by atoms with Gasteiger partial charge in [-0.25, -0.2) is 9.97 Å². The van der Waals surface area contributed by atoms with Crippen LogP contribution in [0.25, 0.3) is 5.69 Å². The highest BCUT2D eigenvalue weighted by Gasteiger charge is 2.23. The minimum atomic E-state index is -0.199. The molecule has 1 fully saturated rings. The van der Waals surface area contributed by atoms with E-state index in [-0.39, 0.29) is 17.1 Å². The lowest BCUT2D eigenvalue weighted by Gasteiger charge is -2.28. The van der Waals surface area contributed by atoms with E-state index in [4.69, 9.17) is 16.3 Å². The standard InChI is InChI=1S/C16H19ClN4O2/c1-23-13-4-2-11(3-5-13)19-16(22)14-8-12(9-15(17)20-14)21-7-6-18-10-21/h6-11,13H,2-5H2,1H3,(H,19,22). The van der Waals surface area contributed by atoms with Crippen LogP contribution in [0.5, 0.6) is 0 Å². The summed E-state index contributed by atoms with van der Waals surface area (Å²) in [6, 6.07) is 3.57. The zero-order chi connectivity index (χ0) is 16.2. The van der Waals surface area contributed by atoms with E-state index >= 15 is 0 Å². The first-order valence-corrected chi connectivity index (χ1v) is 8.03. The van der Waals surface area contributed by atoms with Crippen LogP contribution in [0.3, 0.4) is 0 Å². The number of pyridine rings is 1. The predicted molar refractivity (Wildman–Crippen MR) is 86.9 cm³/mol. The van der Waals surface area contributed by atoms with Crippen LogP contribution < -0.4 is 5.32 Å². The van der Waals surface area contributed by atoms with E-state index in [1.807, 2.05) is 0 Å². The number of hydrogen-bond donors (Lipinski definition) is 1. The third-order valence-electron chi connectivity index (χ3n) is 4.16. The molecule has 1 N–H and O–H groups in total. The van der Waals surface area contributed by atoms with Crippen molar-refractivity contribution in [1.29, 1.82) is 0 Å². The molecule has 0 atom stereocenters. The monoisotopic (exact) mass is 334 g/mol. The van der Waals surface area contributed by atoms with Crippen LogP contribution in [0.1, 0.15) is 36.2 Å². The van der Waals surface area contributed by atoms with Crippen LogP contribution in [-0.2, 0) is 4.74 Å². The van der Waals surface area contributed by atoms with E-state index in [1.165, 1.54) is 0 Å². The molecule has 0 spiro atoms. The maximum absolute atomic E-state index is 12.4. The lowest BCUT2D eigenvalue weighted by molar-refractivity contribution is 0.0598. The number of nitrogens with zero attached hydrogens (tertiary/aromatic N) is 3. The van der Waals surface area contributed by atoms with Crippen molar-refractivity contribution in [2.75, 3.05) is 7.11 Å². The summed E-state index contributed by atoms with van der Waals surface area (Å²) >= 11 is 6.05. The molecule has 2 aromatic heterocycles. The third kappa shape index (κ3) is 3.89. The first kappa shape index (κ1) is 16.0. The number of halogens is 1. The van der Waals surface area contributed by atoms with Crippen LogP contribution >= 0.6 is 11.6 Å². The molecule has 2 heterocycles. The summed E-state index contributed by atoms with van der Waals surface area (Å²) < 4.78 is 7.14. The molecule has 122 valence electrons. The number of nitrogens with one attached hydrogen (secondary N) is 1. The third-order valence-corrected chi connectivity index (χ3v) is 4.35. The van der Waals surface area contributed by atoms with Gasteiger partial charge in [-0.1, -0.05) is 11.6 Å². The number of methoxy groups -OCH3 is 1. The van der Waals surface area contributed by atoms with Crippen molar-refractivity contribution < 1.29 is 9.53 Å². The molecule has 23 heavy (non-hydrogen) atoms. The average Bonchev–Trinajstić information content (AvgIpc) is 3.09. The second-order valence-electron chi connectivity index (χ2n) is 5.69. The van der Waals surface area contributed by atoms with E-state index in [1.54, 1.807) is 42.5 Å². The molecule has 1 aliphatic rings. The van der Waals surface area contributed by atoms with E-state index in [2.05, 4.69) is 15.3 Å². The summed E-state index contributed by atoms with van der Waals surface area (Å²) in [6.07, 6.45) is 9.18. The van der Waals surface area contributed by atoms with Gasteiger partial charge in [0.1, 0.15) is 10.8 Å². The summed E-state index contributed by atoms with van der Waals surface area (Å²) in [5, 5.41) is 3.32. The van der Waals surface area contributed by atoms with E-state index in [9.17, 15) is 4.79 Å². The molecule has 0 radical (unpaired) electrons. The van der Waals surface area contributed by atoms with Gasteiger partial charge in [0.15, 0.2) is 0 Å². The van der Waals surface area contributed by atoms with Gasteiger partial charge in [-0.05, 0) is 37.8 Å². The van der Waals surface area contributed by atoms with Gasteiger partial charge in [0.2, 0.25) is 0 Å². The highest BCUT2D eigenvalue weighted by atomic mass is 35.5. The van der Waals surface area contributed by atoms with Gasteiger partial charge in [-0.15, -0.1) is 0 Å².